The monoisotopic (exact) mass is 350 g/mol. The first kappa shape index (κ1) is 21.5. The highest BCUT2D eigenvalue weighted by Crippen LogP contribution is 2.28. The van der Waals surface area contributed by atoms with E-state index in [0.29, 0.717) is 0 Å². The van der Waals surface area contributed by atoms with Crippen molar-refractivity contribution in [3.05, 3.63) is 12.7 Å². The van der Waals surface area contributed by atoms with Gasteiger partial charge in [-0.1, -0.05) is 6.08 Å². The molecule has 1 heterocycles. The maximum absolute atomic E-state index is 10.3. The minimum absolute atomic E-state index is 0.220. The fraction of sp³-hybridized carbons (Fsp3) is 0.875. The summed E-state index contributed by atoms with van der Waals surface area (Å²) in [6.07, 6.45) is -6.02. The zero-order valence-corrected chi connectivity index (χ0v) is 14.4. The molecule has 6 N–H and O–H groups in total. The zero-order chi connectivity index (χ0) is 18.7. The molecule has 0 aromatic carbocycles. The lowest BCUT2D eigenvalue weighted by Gasteiger charge is -2.42. The number of hydrogen-bond acceptors (Lipinski definition) is 8. The van der Waals surface area contributed by atoms with E-state index in [0.717, 1.165) is 0 Å². The van der Waals surface area contributed by atoms with E-state index in [9.17, 15) is 30.6 Å². The van der Waals surface area contributed by atoms with E-state index in [2.05, 4.69) is 6.58 Å². The molecule has 0 unspecified atom stereocenters. The quantitative estimate of drug-likeness (QED) is 0.296. The minimum Gasteiger partial charge on any atom is -0.394 e. The average molecular weight is 350 g/mol. The third kappa shape index (κ3) is 5.47. The van der Waals surface area contributed by atoms with Crippen LogP contribution in [0.5, 0.6) is 0 Å². The van der Waals surface area contributed by atoms with Gasteiger partial charge in [-0.25, -0.2) is 0 Å². The Morgan fingerprint density at radius 3 is 2.17 bits per heavy atom. The minimum atomic E-state index is -1.56. The maximum Gasteiger partial charge on any atom is 0.187 e. The van der Waals surface area contributed by atoms with Gasteiger partial charge in [0.15, 0.2) is 6.29 Å². The molecule has 1 rings (SSSR count). The first-order chi connectivity index (χ1) is 10.9. The number of aliphatic hydroxyl groups excluding tert-OH is 4. The molecule has 1 saturated heterocycles. The Morgan fingerprint density at radius 1 is 1.12 bits per heavy atom. The Hall–Kier alpha value is -0.580. The van der Waals surface area contributed by atoms with Gasteiger partial charge in [0, 0.05) is 0 Å². The zero-order valence-electron chi connectivity index (χ0n) is 14.4. The van der Waals surface area contributed by atoms with Crippen molar-refractivity contribution in [2.45, 2.75) is 81.6 Å². The van der Waals surface area contributed by atoms with Gasteiger partial charge in [-0.05, 0) is 33.6 Å². The highest BCUT2D eigenvalue weighted by Gasteiger charge is 2.46. The van der Waals surface area contributed by atoms with Crippen molar-refractivity contribution < 1.29 is 40.1 Å². The van der Waals surface area contributed by atoms with Crippen molar-refractivity contribution >= 4 is 0 Å². The molecule has 8 heteroatoms. The van der Waals surface area contributed by atoms with Gasteiger partial charge >= 0.3 is 0 Å². The lowest BCUT2D eigenvalue weighted by atomic mass is 9.91. The fourth-order valence-corrected chi connectivity index (χ4v) is 2.45. The predicted molar refractivity (Wildman–Crippen MR) is 85.0 cm³/mol. The van der Waals surface area contributed by atoms with Crippen molar-refractivity contribution in [3.8, 4) is 0 Å². The molecule has 7 atom stereocenters. The van der Waals surface area contributed by atoms with Gasteiger partial charge in [0.25, 0.3) is 0 Å². The molecule has 0 aromatic heterocycles. The highest BCUT2D eigenvalue weighted by atomic mass is 16.7. The molecule has 0 bridgehead atoms. The van der Waals surface area contributed by atoms with Crippen LogP contribution in [0.2, 0.25) is 0 Å². The van der Waals surface area contributed by atoms with Gasteiger partial charge in [0.1, 0.15) is 24.4 Å². The Morgan fingerprint density at radius 2 is 1.71 bits per heavy atom. The van der Waals surface area contributed by atoms with E-state index >= 15 is 0 Å². The van der Waals surface area contributed by atoms with Crippen molar-refractivity contribution in [1.82, 2.24) is 0 Å². The summed E-state index contributed by atoms with van der Waals surface area (Å²) < 4.78 is 10.9. The molecule has 142 valence electrons. The molecular formula is C16H30O8. The second kappa shape index (κ2) is 8.20. The second-order valence-electron chi connectivity index (χ2n) is 7.08. The summed E-state index contributed by atoms with van der Waals surface area (Å²) in [6.45, 7) is 7.54. The van der Waals surface area contributed by atoms with Gasteiger partial charge in [0.2, 0.25) is 0 Å². The molecule has 1 aliphatic rings. The van der Waals surface area contributed by atoms with Crippen LogP contribution >= 0.6 is 0 Å². The van der Waals surface area contributed by atoms with Crippen LogP contribution in [0.4, 0.5) is 0 Å². The second-order valence-corrected chi connectivity index (χ2v) is 7.08. The van der Waals surface area contributed by atoms with Gasteiger partial charge < -0.3 is 40.1 Å². The molecule has 8 nitrogen and oxygen atoms in total. The summed E-state index contributed by atoms with van der Waals surface area (Å²) in [6, 6.07) is 0. The summed E-state index contributed by atoms with van der Waals surface area (Å²) in [5.74, 6) is 0. The predicted octanol–water partition coefficient (Wildman–Crippen LogP) is -1.34. The van der Waals surface area contributed by atoms with E-state index in [4.69, 9.17) is 9.47 Å². The van der Waals surface area contributed by atoms with Gasteiger partial charge in [-0.3, -0.25) is 0 Å². The number of ether oxygens (including phenoxy) is 2. The number of rotatable bonds is 8. The van der Waals surface area contributed by atoms with Gasteiger partial charge in [-0.2, -0.15) is 0 Å². The third-order valence-corrected chi connectivity index (χ3v) is 4.29. The van der Waals surface area contributed by atoms with Crippen molar-refractivity contribution in [2.75, 3.05) is 6.61 Å². The molecule has 0 aromatic rings. The summed E-state index contributed by atoms with van der Waals surface area (Å²) >= 11 is 0. The van der Waals surface area contributed by atoms with Gasteiger partial charge in [0.05, 0.1) is 23.9 Å². The average Bonchev–Trinajstić information content (AvgIpc) is 2.50. The molecule has 24 heavy (non-hydrogen) atoms. The lowest BCUT2D eigenvalue weighted by Crippen LogP contribution is -2.60. The summed E-state index contributed by atoms with van der Waals surface area (Å²) in [5.41, 5.74) is -2.47. The first-order valence-electron chi connectivity index (χ1n) is 7.97. The van der Waals surface area contributed by atoms with E-state index in [1.165, 1.54) is 19.9 Å². The topological polar surface area (TPSA) is 140 Å². The van der Waals surface area contributed by atoms with Crippen LogP contribution in [-0.2, 0) is 9.47 Å². The van der Waals surface area contributed by atoms with E-state index in [1.807, 2.05) is 0 Å². The smallest absolute Gasteiger partial charge is 0.187 e. The number of aliphatic hydroxyl groups is 6. The van der Waals surface area contributed by atoms with Crippen LogP contribution in [0.15, 0.2) is 12.7 Å². The summed E-state index contributed by atoms with van der Waals surface area (Å²) in [5, 5.41) is 59.1. The number of hydrogen-bond donors (Lipinski definition) is 6. The largest absolute Gasteiger partial charge is 0.394 e. The molecule has 1 fully saturated rings. The normalized spacial score (nSPS) is 35.3. The third-order valence-electron chi connectivity index (χ3n) is 4.29. The summed E-state index contributed by atoms with van der Waals surface area (Å²) in [4.78, 5) is 0. The van der Waals surface area contributed by atoms with Crippen molar-refractivity contribution in [3.63, 3.8) is 0 Å². The molecule has 0 radical (unpaired) electrons. The van der Waals surface area contributed by atoms with Crippen LogP contribution in [-0.4, -0.2) is 85.3 Å². The van der Waals surface area contributed by atoms with Crippen molar-refractivity contribution in [1.29, 1.82) is 0 Å². The summed E-state index contributed by atoms with van der Waals surface area (Å²) in [7, 11) is 0. The Labute approximate surface area is 142 Å². The van der Waals surface area contributed by atoms with Crippen molar-refractivity contribution in [2.24, 2.45) is 0 Å². The Kier molecular flexibility index (Phi) is 7.33. The Bertz CT molecular complexity index is 403. The molecule has 1 aliphatic heterocycles. The Balaban J connectivity index is 2.83. The lowest BCUT2D eigenvalue weighted by molar-refractivity contribution is -0.322. The van der Waals surface area contributed by atoms with Crippen LogP contribution in [0, 0.1) is 0 Å². The maximum atomic E-state index is 10.3. The van der Waals surface area contributed by atoms with E-state index < -0.39 is 54.6 Å². The SMILES string of the molecule is C=C[C@@](C)(O)CC[C@H](O[C@@H]1O[C@H](CO)[C@@H](O)[C@H](O)[C@H]1O)C(C)(C)O. The molecule has 0 saturated carbocycles. The van der Waals surface area contributed by atoms with Crippen LogP contribution in [0.1, 0.15) is 33.6 Å². The van der Waals surface area contributed by atoms with Gasteiger partial charge in [-0.15, -0.1) is 6.58 Å². The van der Waals surface area contributed by atoms with E-state index in [-0.39, 0.29) is 12.8 Å². The van der Waals surface area contributed by atoms with Crippen LogP contribution in [0.3, 0.4) is 0 Å². The first-order valence-corrected chi connectivity index (χ1v) is 7.97. The van der Waals surface area contributed by atoms with E-state index in [1.54, 1.807) is 6.92 Å². The molecular weight excluding hydrogens is 320 g/mol. The highest BCUT2D eigenvalue weighted by molar-refractivity contribution is 4.94. The fourth-order valence-electron chi connectivity index (χ4n) is 2.45. The standard InChI is InChI=1S/C16H30O8/c1-5-16(4,22)7-6-10(15(2,3)21)24-14-13(20)12(19)11(18)9(8-17)23-14/h5,9-14,17-22H,1,6-8H2,2-4H3/t9-,10+,11-,12+,13-,14+,16-/m1/s1. The van der Waals surface area contributed by atoms with Crippen LogP contribution in [0.25, 0.3) is 0 Å². The van der Waals surface area contributed by atoms with Crippen LogP contribution < -0.4 is 0 Å². The molecule has 0 spiro atoms. The molecule has 0 aliphatic carbocycles. The molecule has 0 amide bonds.